The first-order chi connectivity index (χ1) is 19.4. The molecule has 4 rings (SSSR count). The Bertz CT molecular complexity index is 1480. The predicted octanol–water partition coefficient (Wildman–Crippen LogP) is 6.59. The highest BCUT2D eigenvalue weighted by Gasteiger charge is 2.19. The van der Waals surface area contributed by atoms with Crippen molar-refractivity contribution in [2.75, 3.05) is 7.11 Å². The second-order valence-electron chi connectivity index (χ2n) is 8.75. The number of nitrogens with one attached hydrogen (secondary N) is 2. The van der Waals surface area contributed by atoms with Crippen LogP contribution in [0.5, 0.6) is 11.5 Å². The van der Waals surface area contributed by atoms with Crippen LogP contribution in [0.4, 0.5) is 0 Å². The zero-order valence-electron chi connectivity index (χ0n) is 21.6. The summed E-state index contributed by atoms with van der Waals surface area (Å²) in [4.78, 5) is 25.5. The number of amides is 2. The summed E-state index contributed by atoms with van der Waals surface area (Å²) >= 11 is 12.0. The van der Waals surface area contributed by atoms with Gasteiger partial charge in [-0.3, -0.25) is 9.59 Å². The summed E-state index contributed by atoms with van der Waals surface area (Å²) in [5, 5.41) is 7.96. The number of hydrogen-bond acceptors (Lipinski definition) is 5. The lowest BCUT2D eigenvalue weighted by Gasteiger charge is -2.18. The monoisotopic (exact) mass is 575 g/mol. The van der Waals surface area contributed by atoms with Gasteiger partial charge in [0, 0.05) is 5.56 Å². The molecule has 0 spiro atoms. The zero-order valence-corrected chi connectivity index (χ0v) is 23.2. The molecule has 0 unspecified atom stereocenters. The van der Waals surface area contributed by atoms with E-state index in [1.807, 2.05) is 42.5 Å². The summed E-state index contributed by atoms with van der Waals surface area (Å²) in [6.45, 7) is 0.278. The van der Waals surface area contributed by atoms with E-state index in [1.54, 1.807) is 54.6 Å². The van der Waals surface area contributed by atoms with Gasteiger partial charge >= 0.3 is 0 Å². The smallest absolute Gasteiger partial charge is 0.251 e. The zero-order chi connectivity index (χ0) is 28.3. The van der Waals surface area contributed by atoms with Crippen molar-refractivity contribution >= 4 is 41.2 Å². The minimum Gasteiger partial charge on any atom is -0.493 e. The molecule has 0 heterocycles. The summed E-state index contributed by atoms with van der Waals surface area (Å²) in [6.07, 6.45) is 1.51. The van der Waals surface area contributed by atoms with Crippen LogP contribution in [0.15, 0.2) is 102 Å². The van der Waals surface area contributed by atoms with Crippen molar-refractivity contribution in [3.05, 3.63) is 129 Å². The number of nitrogens with zero attached hydrogens (tertiary/aromatic N) is 1. The molecule has 1 atom stereocenters. The van der Waals surface area contributed by atoms with E-state index in [0.29, 0.717) is 32.7 Å². The van der Waals surface area contributed by atoms with Crippen molar-refractivity contribution in [2.24, 2.45) is 5.10 Å². The molecule has 2 amide bonds. The summed E-state index contributed by atoms with van der Waals surface area (Å²) in [5.41, 5.74) is 5.41. The highest BCUT2D eigenvalue weighted by Crippen LogP contribution is 2.29. The maximum absolute atomic E-state index is 12.7. The highest BCUT2D eigenvalue weighted by atomic mass is 35.5. The summed E-state index contributed by atoms with van der Waals surface area (Å²) in [6, 6.07) is 28.2. The lowest BCUT2D eigenvalue weighted by molar-refractivity contribution is -0.121. The lowest BCUT2D eigenvalue weighted by atomic mass is 10.0. The van der Waals surface area contributed by atoms with Crippen LogP contribution in [-0.4, -0.2) is 25.1 Å². The predicted molar refractivity (Wildman–Crippen MR) is 157 cm³/mol. The van der Waals surface area contributed by atoms with Crippen LogP contribution in [0.1, 0.15) is 39.5 Å². The van der Waals surface area contributed by atoms with Crippen LogP contribution in [0, 0.1) is 0 Å². The molecule has 204 valence electrons. The Labute approximate surface area is 242 Å². The molecule has 2 N–H and O–H groups in total. The Balaban J connectivity index is 1.36. The maximum atomic E-state index is 12.7. The minimum absolute atomic E-state index is 0.00470. The van der Waals surface area contributed by atoms with Gasteiger partial charge in [0.05, 0.1) is 35.8 Å². The molecule has 0 aliphatic carbocycles. The van der Waals surface area contributed by atoms with Crippen molar-refractivity contribution in [1.29, 1.82) is 0 Å². The number of carbonyl (C=O) groups is 2. The molecule has 0 aliphatic rings. The fourth-order valence-corrected chi connectivity index (χ4v) is 4.17. The number of benzene rings is 4. The van der Waals surface area contributed by atoms with Gasteiger partial charge in [0.2, 0.25) is 5.91 Å². The van der Waals surface area contributed by atoms with Gasteiger partial charge in [0.15, 0.2) is 11.5 Å². The average molecular weight is 576 g/mol. The molecule has 0 saturated heterocycles. The molecule has 9 heteroatoms. The number of hydrazone groups is 1. The Morgan fingerprint density at radius 2 is 1.60 bits per heavy atom. The van der Waals surface area contributed by atoms with Crippen LogP contribution < -0.4 is 20.2 Å². The van der Waals surface area contributed by atoms with Crippen molar-refractivity contribution in [1.82, 2.24) is 10.7 Å². The van der Waals surface area contributed by atoms with Gasteiger partial charge in [-0.05, 0) is 59.2 Å². The summed E-state index contributed by atoms with van der Waals surface area (Å²) < 4.78 is 11.3. The Hall–Kier alpha value is -4.33. The molecule has 0 fully saturated rings. The third-order valence-electron chi connectivity index (χ3n) is 5.90. The Kier molecular flexibility index (Phi) is 10.2. The van der Waals surface area contributed by atoms with Crippen LogP contribution in [0.3, 0.4) is 0 Å². The Morgan fingerprint density at radius 3 is 2.30 bits per heavy atom. The van der Waals surface area contributed by atoms with E-state index >= 15 is 0 Å². The quantitative estimate of drug-likeness (QED) is 0.156. The first kappa shape index (κ1) is 28.7. The van der Waals surface area contributed by atoms with Crippen molar-refractivity contribution in [2.45, 2.75) is 19.1 Å². The van der Waals surface area contributed by atoms with Crippen LogP contribution in [0.25, 0.3) is 0 Å². The van der Waals surface area contributed by atoms with Crippen LogP contribution in [0.2, 0.25) is 10.0 Å². The van der Waals surface area contributed by atoms with Gasteiger partial charge in [0.1, 0.15) is 6.61 Å². The molecule has 0 bridgehead atoms. The van der Waals surface area contributed by atoms with Crippen molar-refractivity contribution in [3.63, 3.8) is 0 Å². The van der Waals surface area contributed by atoms with E-state index in [-0.39, 0.29) is 24.8 Å². The molecule has 4 aromatic carbocycles. The number of ether oxygens (including phenoxy) is 2. The van der Waals surface area contributed by atoms with E-state index < -0.39 is 6.04 Å². The van der Waals surface area contributed by atoms with Gasteiger partial charge < -0.3 is 14.8 Å². The first-order valence-electron chi connectivity index (χ1n) is 12.4. The topological polar surface area (TPSA) is 89.0 Å². The van der Waals surface area contributed by atoms with Gasteiger partial charge in [-0.1, -0.05) is 77.8 Å². The second kappa shape index (κ2) is 14.2. The van der Waals surface area contributed by atoms with E-state index in [9.17, 15) is 9.59 Å². The van der Waals surface area contributed by atoms with E-state index in [0.717, 1.165) is 11.1 Å². The van der Waals surface area contributed by atoms with Gasteiger partial charge in [-0.2, -0.15) is 5.10 Å². The molecule has 0 aliphatic heterocycles. The molecule has 0 radical (unpaired) electrons. The molecule has 4 aromatic rings. The normalized spacial score (nSPS) is 11.6. The number of carbonyl (C=O) groups excluding carboxylic acids is 2. The highest BCUT2D eigenvalue weighted by molar-refractivity contribution is 6.42. The molecular weight excluding hydrogens is 549 g/mol. The lowest BCUT2D eigenvalue weighted by Crippen LogP contribution is -2.32. The molecule has 0 aromatic heterocycles. The first-order valence-corrected chi connectivity index (χ1v) is 13.2. The molecule has 0 saturated carbocycles. The SMILES string of the molecule is COc1cc(/C=N\NC(=O)C[C@H](NC(=O)c2ccccc2)c2ccccc2)ccc1OCc1ccc(Cl)c(Cl)c1. The average Bonchev–Trinajstić information content (AvgIpc) is 2.98. The van der Waals surface area contributed by atoms with E-state index in [4.69, 9.17) is 32.7 Å². The number of rotatable bonds is 11. The summed E-state index contributed by atoms with van der Waals surface area (Å²) in [7, 11) is 1.54. The molecule has 40 heavy (non-hydrogen) atoms. The van der Waals surface area contributed by atoms with E-state index in [1.165, 1.54) is 13.3 Å². The summed E-state index contributed by atoms with van der Waals surface area (Å²) in [5.74, 6) is 0.420. The number of halogens is 2. The largest absolute Gasteiger partial charge is 0.493 e. The van der Waals surface area contributed by atoms with Gasteiger partial charge in [-0.25, -0.2) is 5.43 Å². The third-order valence-corrected chi connectivity index (χ3v) is 6.64. The van der Waals surface area contributed by atoms with Crippen molar-refractivity contribution in [3.8, 4) is 11.5 Å². The fourth-order valence-electron chi connectivity index (χ4n) is 3.85. The molecular formula is C31H27Cl2N3O4. The van der Waals surface area contributed by atoms with Gasteiger partial charge in [-0.15, -0.1) is 0 Å². The number of hydrogen-bond donors (Lipinski definition) is 2. The van der Waals surface area contributed by atoms with Crippen LogP contribution in [-0.2, 0) is 11.4 Å². The maximum Gasteiger partial charge on any atom is 0.251 e. The van der Waals surface area contributed by atoms with Gasteiger partial charge in [0.25, 0.3) is 5.91 Å². The van der Waals surface area contributed by atoms with Crippen LogP contribution >= 0.6 is 23.2 Å². The van der Waals surface area contributed by atoms with E-state index in [2.05, 4.69) is 15.8 Å². The van der Waals surface area contributed by atoms with Crippen molar-refractivity contribution < 1.29 is 19.1 Å². The fraction of sp³-hybridized carbons (Fsp3) is 0.129. The minimum atomic E-state index is -0.531. The standard InChI is InChI=1S/C31H27Cl2N3O4/c1-39-29-17-21(13-15-28(29)40-20-22-12-14-25(32)26(33)16-22)19-34-36-30(37)18-27(23-8-4-2-5-9-23)35-31(38)24-10-6-3-7-11-24/h2-17,19,27H,18,20H2,1H3,(H,35,38)(H,36,37)/b34-19-/t27-/m0/s1. The number of methoxy groups -OCH3 is 1. The Morgan fingerprint density at radius 1 is 0.875 bits per heavy atom. The third kappa shape index (κ3) is 8.09. The second-order valence-corrected chi connectivity index (χ2v) is 9.56. The molecule has 7 nitrogen and oxygen atoms in total.